The third-order valence-electron chi connectivity index (χ3n) is 1.66. The fraction of sp³-hybridized carbons (Fsp3) is 0.125. The second kappa shape index (κ2) is 5.65. The average molecular weight is 312 g/mol. The Morgan fingerprint density at radius 1 is 1.50 bits per heavy atom. The van der Waals surface area contributed by atoms with Crippen LogP contribution >= 0.6 is 23.4 Å². The molecule has 1 rings (SSSR count). The van der Waals surface area contributed by atoms with Gasteiger partial charge in [-0.1, -0.05) is 17.7 Å². The van der Waals surface area contributed by atoms with Crippen LogP contribution in [0.15, 0.2) is 23.1 Å². The third kappa shape index (κ3) is 4.26. The van der Waals surface area contributed by atoms with Crippen molar-refractivity contribution in [3.63, 3.8) is 0 Å². The van der Waals surface area contributed by atoms with Crippen molar-refractivity contribution in [2.24, 2.45) is 0 Å². The number of carbonyl (C=O) groups is 1. The maximum absolute atomic E-state index is 11.3. The van der Waals surface area contributed by atoms with Gasteiger partial charge in [-0.2, -0.15) is 8.42 Å². The van der Waals surface area contributed by atoms with Crippen LogP contribution in [-0.2, 0) is 14.9 Å². The lowest BCUT2D eigenvalue weighted by atomic mass is 10.3. The van der Waals surface area contributed by atoms with E-state index in [0.29, 0.717) is 11.8 Å². The summed E-state index contributed by atoms with van der Waals surface area (Å²) in [5, 5.41) is 9.44. The molecule has 98 valence electrons. The molecule has 10 heteroatoms. The van der Waals surface area contributed by atoms with Gasteiger partial charge in [-0.05, 0) is 17.8 Å². The fourth-order valence-electron chi connectivity index (χ4n) is 1.02. The smallest absolute Gasteiger partial charge is 0.286 e. The second-order valence-electron chi connectivity index (χ2n) is 3.05. The maximum Gasteiger partial charge on any atom is 0.289 e. The Morgan fingerprint density at radius 2 is 2.11 bits per heavy atom. The van der Waals surface area contributed by atoms with Gasteiger partial charge >= 0.3 is 0 Å². The topological polar surface area (TPSA) is 115 Å². The van der Waals surface area contributed by atoms with Crippen molar-refractivity contribution >= 4 is 44.3 Å². The molecule has 0 radical (unpaired) electrons. The number of benzene rings is 1. The summed E-state index contributed by atoms with van der Waals surface area (Å²) in [6.07, 6.45) is 0. The normalized spacial score (nSPS) is 11.2. The first-order chi connectivity index (χ1) is 8.20. The third-order valence-corrected chi connectivity index (χ3v) is 3.91. The van der Waals surface area contributed by atoms with Crippen molar-refractivity contribution in [3.8, 4) is 0 Å². The SMILES string of the molecule is O=C(CS(=O)(=O)O)Sc1cccc([N+](=O)[O-])c1Cl. The molecule has 18 heavy (non-hydrogen) atoms. The second-order valence-corrected chi connectivity index (χ2v) is 5.98. The van der Waals surface area contributed by atoms with E-state index in [0.717, 1.165) is 6.07 Å². The zero-order valence-corrected chi connectivity index (χ0v) is 11.0. The van der Waals surface area contributed by atoms with Gasteiger partial charge in [-0.3, -0.25) is 19.5 Å². The summed E-state index contributed by atoms with van der Waals surface area (Å²) in [7, 11) is -4.43. The zero-order chi connectivity index (χ0) is 13.9. The van der Waals surface area contributed by atoms with Crippen LogP contribution in [0.4, 0.5) is 5.69 Å². The predicted octanol–water partition coefficient (Wildman–Crippen LogP) is 1.75. The molecule has 0 fully saturated rings. The summed E-state index contributed by atoms with van der Waals surface area (Å²) in [5.74, 6) is -1.09. The van der Waals surface area contributed by atoms with E-state index in [1.165, 1.54) is 12.1 Å². The molecule has 0 amide bonds. The fourth-order valence-corrected chi connectivity index (χ4v) is 2.90. The van der Waals surface area contributed by atoms with Crippen LogP contribution in [0.2, 0.25) is 5.02 Å². The Bertz CT molecular complexity index is 600. The standard InChI is InChI=1S/C8H6ClNO6S2/c9-8-5(10(12)13)2-1-3-6(8)17-7(11)4-18(14,15)16/h1-3H,4H2,(H,14,15,16). The number of nitro groups is 1. The van der Waals surface area contributed by atoms with E-state index >= 15 is 0 Å². The molecule has 0 aliphatic rings. The van der Waals surface area contributed by atoms with Crippen LogP contribution < -0.4 is 0 Å². The monoisotopic (exact) mass is 311 g/mol. The van der Waals surface area contributed by atoms with Crippen LogP contribution in [0.1, 0.15) is 0 Å². The minimum atomic E-state index is -4.43. The highest BCUT2D eigenvalue weighted by molar-refractivity contribution is 8.15. The lowest BCUT2D eigenvalue weighted by Gasteiger charge is -2.02. The van der Waals surface area contributed by atoms with E-state index in [2.05, 4.69) is 0 Å². The Hall–Kier alpha value is -1.16. The molecule has 0 aliphatic heterocycles. The predicted molar refractivity (Wildman–Crippen MR) is 65.4 cm³/mol. The molecule has 1 N–H and O–H groups in total. The first-order valence-corrected chi connectivity index (χ1v) is 7.10. The van der Waals surface area contributed by atoms with Crippen molar-refractivity contribution in [3.05, 3.63) is 33.3 Å². The van der Waals surface area contributed by atoms with Gasteiger partial charge in [-0.15, -0.1) is 0 Å². The van der Waals surface area contributed by atoms with Gasteiger partial charge in [0.25, 0.3) is 15.8 Å². The van der Waals surface area contributed by atoms with Crippen LogP contribution in [0.3, 0.4) is 0 Å². The zero-order valence-electron chi connectivity index (χ0n) is 8.57. The van der Waals surface area contributed by atoms with Gasteiger partial charge in [0, 0.05) is 11.0 Å². The number of halogens is 1. The first-order valence-electron chi connectivity index (χ1n) is 4.29. The van der Waals surface area contributed by atoms with Crippen LogP contribution in [0, 0.1) is 10.1 Å². The molecule has 0 spiro atoms. The molecule has 7 nitrogen and oxygen atoms in total. The van der Waals surface area contributed by atoms with E-state index in [1.54, 1.807) is 0 Å². The van der Waals surface area contributed by atoms with Crippen molar-refractivity contribution in [1.29, 1.82) is 0 Å². The molecule has 0 aromatic heterocycles. The summed E-state index contributed by atoms with van der Waals surface area (Å²) in [6.45, 7) is 0. The summed E-state index contributed by atoms with van der Waals surface area (Å²) in [5.41, 5.74) is -0.388. The molecule has 0 bridgehead atoms. The number of hydrogen-bond acceptors (Lipinski definition) is 6. The average Bonchev–Trinajstić information content (AvgIpc) is 2.17. The molecule has 0 atom stereocenters. The van der Waals surface area contributed by atoms with Gasteiger partial charge < -0.3 is 0 Å². The van der Waals surface area contributed by atoms with E-state index in [1.807, 2.05) is 0 Å². The minimum Gasteiger partial charge on any atom is -0.286 e. The molecule has 0 aliphatic carbocycles. The number of rotatable bonds is 4. The Morgan fingerprint density at radius 3 is 2.61 bits per heavy atom. The van der Waals surface area contributed by atoms with Gasteiger partial charge in [0.05, 0.1) is 4.92 Å². The molecule has 0 saturated heterocycles. The quantitative estimate of drug-likeness (QED) is 0.390. The van der Waals surface area contributed by atoms with E-state index in [9.17, 15) is 23.3 Å². The number of nitro benzene ring substituents is 1. The van der Waals surface area contributed by atoms with Crippen molar-refractivity contribution in [2.45, 2.75) is 4.90 Å². The Balaban J connectivity index is 2.96. The van der Waals surface area contributed by atoms with E-state index in [-0.39, 0.29) is 15.6 Å². The summed E-state index contributed by atoms with van der Waals surface area (Å²) < 4.78 is 29.4. The van der Waals surface area contributed by atoms with Gasteiger partial charge in [0.15, 0.2) is 0 Å². The van der Waals surface area contributed by atoms with Crippen LogP contribution in [-0.4, -0.2) is 28.8 Å². The first kappa shape index (κ1) is 14.9. The highest BCUT2D eigenvalue weighted by atomic mass is 35.5. The molecular weight excluding hydrogens is 306 g/mol. The summed E-state index contributed by atoms with van der Waals surface area (Å²) in [4.78, 5) is 21.2. The summed E-state index contributed by atoms with van der Waals surface area (Å²) >= 11 is 6.11. The number of nitrogens with zero attached hydrogens (tertiary/aromatic N) is 1. The van der Waals surface area contributed by atoms with Crippen LogP contribution in [0.5, 0.6) is 0 Å². The maximum atomic E-state index is 11.3. The highest BCUT2D eigenvalue weighted by Crippen LogP contribution is 2.34. The molecule has 1 aromatic rings. The Labute approximate surface area is 111 Å². The van der Waals surface area contributed by atoms with Crippen LogP contribution in [0.25, 0.3) is 0 Å². The van der Waals surface area contributed by atoms with Gasteiger partial charge in [0.2, 0.25) is 5.12 Å². The molecular formula is C8H6ClNO6S2. The highest BCUT2D eigenvalue weighted by Gasteiger charge is 2.20. The lowest BCUT2D eigenvalue weighted by Crippen LogP contribution is -2.11. The van der Waals surface area contributed by atoms with E-state index < -0.39 is 25.9 Å². The molecule has 0 heterocycles. The van der Waals surface area contributed by atoms with Crippen molar-refractivity contribution in [2.75, 3.05) is 5.75 Å². The molecule has 0 saturated carbocycles. The van der Waals surface area contributed by atoms with Gasteiger partial charge in [-0.25, -0.2) is 0 Å². The number of hydrogen-bond donors (Lipinski definition) is 1. The van der Waals surface area contributed by atoms with Gasteiger partial charge in [0.1, 0.15) is 10.8 Å². The Kier molecular flexibility index (Phi) is 4.68. The molecule has 1 aromatic carbocycles. The minimum absolute atomic E-state index is 0.0551. The largest absolute Gasteiger partial charge is 0.289 e. The van der Waals surface area contributed by atoms with Crippen molar-refractivity contribution in [1.82, 2.24) is 0 Å². The number of thioether (sulfide) groups is 1. The lowest BCUT2D eigenvalue weighted by molar-refractivity contribution is -0.384. The number of carbonyl (C=O) groups excluding carboxylic acids is 1. The summed E-state index contributed by atoms with van der Waals surface area (Å²) in [6, 6.07) is 3.80. The van der Waals surface area contributed by atoms with Crippen molar-refractivity contribution < 1.29 is 22.7 Å². The van der Waals surface area contributed by atoms with E-state index in [4.69, 9.17) is 16.2 Å². The molecule has 0 unspecified atom stereocenters.